The second-order valence-electron chi connectivity index (χ2n) is 10.3. The van der Waals surface area contributed by atoms with Gasteiger partial charge in [-0.25, -0.2) is 9.78 Å². The van der Waals surface area contributed by atoms with Crippen LogP contribution in [0.5, 0.6) is 0 Å². The van der Waals surface area contributed by atoms with E-state index in [1.165, 1.54) is 0 Å². The maximum absolute atomic E-state index is 13.3. The summed E-state index contributed by atoms with van der Waals surface area (Å²) in [4.78, 5) is 42.7. The lowest BCUT2D eigenvalue weighted by atomic mass is 10.00. The second-order valence-corrected chi connectivity index (χ2v) is 10.3. The summed E-state index contributed by atoms with van der Waals surface area (Å²) in [7, 11) is 0. The van der Waals surface area contributed by atoms with Crippen molar-refractivity contribution in [2.24, 2.45) is 5.41 Å². The van der Waals surface area contributed by atoms with E-state index in [1.54, 1.807) is 39.1 Å². The van der Waals surface area contributed by atoms with Crippen LogP contribution in [0.15, 0.2) is 18.3 Å². The lowest BCUT2D eigenvalue weighted by molar-refractivity contribution is -0.137. The zero-order chi connectivity index (χ0) is 25.6. The van der Waals surface area contributed by atoms with Crippen molar-refractivity contribution >= 4 is 23.8 Å². The van der Waals surface area contributed by atoms with Crippen LogP contribution in [0, 0.1) is 17.3 Å². The molecule has 0 radical (unpaired) electrons. The van der Waals surface area contributed by atoms with Gasteiger partial charge in [-0.15, -0.1) is 0 Å². The highest BCUT2D eigenvalue weighted by Crippen LogP contribution is 2.52. The monoisotopic (exact) mass is 485 g/mol. The molecule has 0 bridgehead atoms. The minimum atomic E-state index is -0.910. The van der Waals surface area contributed by atoms with Gasteiger partial charge in [0, 0.05) is 43.6 Å². The Morgan fingerprint density at radius 2 is 2.11 bits per heavy atom. The summed E-state index contributed by atoms with van der Waals surface area (Å²) in [6.07, 6.45) is 3.67. The molecule has 1 aromatic rings. The number of nitrogen functional groups attached to an aromatic ring is 1. The molecule has 2 aliphatic rings. The predicted molar refractivity (Wildman–Crippen MR) is 130 cm³/mol. The number of aliphatic carboxylic acids is 1. The Kier molecular flexibility index (Phi) is 8.22. The van der Waals surface area contributed by atoms with Crippen LogP contribution >= 0.6 is 0 Å². The molecule has 3 rings (SSSR count). The van der Waals surface area contributed by atoms with Gasteiger partial charge < -0.3 is 31.1 Å². The zero-order valence-corrected chi connectivity index (χ0v) is 20.6. The molecule has 1 saturated carbocycles. The van der Waals surface area contributed by atoms with E-state index >= 15 is 0 Å². The number of hydrogen-bond donors (Lipinski definition) is 4. The number of anilines is 1. The first-order valence-electron chi connectivity index (χ1n) is 11.9. The molecule has 2 heterocycles. The predicted octanol–water partition coefficient (Wildman–Crippen LogP) is 1.74. The van der Waals surface area contributed by atoms with Gasteiger partial charge in [-0.3, -0.25) is 9.59 Å². The van der Waals surface area contributed by atoms with Crippen molar-refractivity contribution < 1.29 is 24.2 Å². The normalized spacial score (nSPS) is 19.3. The molecule has 0 aromatic carbocycles. The van der Waals surface area contributed by atoms with Crippen LogP contribution in [0.25, 0.3) is 0 Å². The van der Waals surface area contributed by atoms with Gasteiger partial charge in [-0.05, 0) is 58.7 Å². The third kappa shape index (κ3) is 7.86. The number of ether oxygens (including phenoxy) is 1. The van der Waals surface area contributed by atoms with Crippen LogP contribution < -0.4 is 16.4 Å². The van der Waals surface area contributed by atoms with Gasteiger partial charge in [0.1, 0.15) is 17.5 Å². The summed E-state index contributed by atoms with van der Waals surface area (Å²) in [6.45, 7) is 7.42. The quantitative estimate of drug-likeness (QED) is 0.407. The van der Waals surface area contributed by atoms with E-state index in [-0.39, 0.29) is 30.2 Å². The minimum Gasteiger partial charge on any atom is -0.481 e. The molecule has 10 heteroatoms. The van der Waals surface area contributed by atoms with Crippen molar-refractivity contribution in [3.63, 3.8) is 0 Å². The van der Waals surface area contributed by atoms with Crippen molar-refractivity contribution in [3.8, 4) is 11.8 Å². The van der Waals surface area contributed by atoms with E-state index in [0.717, 1.165) is 19.4 Å². The molecule has 0 unspecified atom stereocenters. The van der Waals surface area contributed by atoms with Crippen LogP contribution in [-0.4, -0.2) is 70.3 Å². The van der Waals surface area contributed by atoms with Gasteiger partial charge in [-0.1, -0.05) is 11.8 Å². The topological polar surface area (TPSA) is 147 Å². The Hall–Kier alpha value is -3.32. The molecule has 190 valence electrons. The number of aromatic nitrogens is 1. The van der Waals surface area contributed by atoms with Crippen LogP contribution in [0.2, 0.25) is 0 Å². The first-order chi connectivity index (χ1) is 16.5. The molecular weight excluding hydrogens is 450 g/mol. The molecule has 1 spiro atoms. The van der Waals surface area contributed by atoms with Crippen molar-refractivity contribution in [3.05, 3.63) is 23.9 Å². The van der Waals surface area contributed by atoms with Crippen LogP contribution in [-0.2, 0) is 14.3 Å². The molecule has 1 aliphatic carbocycles. The summed E-state index contributed by atoms with van der Waals surface area (Å²) >= 11 is 0. The summed E-state index contributed by atoms with van der Waals surface area (Å²) < 4.78 is 5.34. The highest BCUT2D eigenvalue weighted by atomic mass is 16.6. The molecule has 35 heavy (non-hydrogen) atoms. The Balaban J connectivity index is 1.66. The number of pyridine rings is 1. The largest absolute Gasteiger partial charge is 0.481 e. The van der Waals surface area contributed by atoms with Gasteiger partial charge >= 0.3 is 12.1 Å². The number of carboxylic acid groups (broad SMARTS) is 1. The van der Waals surface area contributed by atoms with Crippen LogP contribution in [0.3, 0.4) is 0 Å². The summed E-state index contributed by atoms with van der Waals surface area (Å²) in [5.74, 6) is 5.01. The van der Waals surface area contributed by atoms with Crippen molar-refractivity contribution in [1.29, 1.82) is 0 Å². The van der Waals surface area contributed by atoms with Crippen molar-refractivity contribution in [2.45, 2.75) is 70.6 Å². The fourth-order valence-electron chi connectivity index (χ4n) is 4.26. The van der Waals surface area contributed by atoms with E-state index in [0.29, 0.717) is 30.9 Å². The zero-order valence-electron chi connectivity index (χ0n) is 20.6. The Morgan fingerprint density at radius 3 is 2.74 bits per heavy atom. The first-order valence-corrected chi connectivity index (χ1v) is 11.9. The van der Waals surface area contributed by atoms with Gasteiger partial charge in [-0.2, -0.15) is 0 Å². The van der Waals surface area contributed by atoms with E-state index in [9.17, 15) is 14.4 Å². The lowest BCUT2D eigenvalue weighted by Gasteiger charge is -2.25. The molecule has 1 saturated heterocycles. The van der Waals surface area contributed by atoms with E-state index in [2.05, 4.69) is 32.4 Å². The first kappa shape index (κ1) is 26.3. The minimum absolute atomic E-state index is 0.0190. The average Bonchev–Trinajstić information content (AvgIpc) is 3.44. The van der Waals surface area contributed by atoms with E-state index < -0.39 is 23.7 Å². The van der Waals surface area contributed by atoms with Crippen molar-refractivity contribution in [1.82, 2.24) is 20.5 Å². The molecule has 1 aliphatic heterocycles. The maximum atomic E-state index is 13.3. The van der Waals surface area contributed by atoms with E-state index in [1.807, 2.05) is 0 Å². The number of rotatable bonds is 8. The fourth-order valence-corrected chi connectivity index (χ4v) is 4.26. The molecule has 5 N–H and O–H groups in total. The number of nitrogens with zero attached hydrogens (tertiary/aromatic N) is 2. The molecular formula is C25H35N5O5. The fraction of sp³-hybridized carbons (Fsp3) is 0.600. The molecule has 2 atom stereocenters. The SMILES string of the molecule is CC(C)(C)OC(=O)N[C@@H](CC#Cc1cccnc1N)C(=O)N[C@H]1CN(CCCC(=O)O)CC12CC2. The van der Waals surface area contributed by atoms with E-state index in [4.69, 9.17) is 15.6 Å². The van der Waals surface area contributed by atoms with Gasteiger partial charge in [0.25, 0.3) is 0 Å². The summed E-state index contributed by atoms with van der Waals surface area (Å²) in [5, 5.41) is 14.7. The molecule has 10 nitrogen and oxygen atoms in total. The van der Waals surface area contributed by atoms with Gasteiger partial charge in [0.05, 0.1) is 5.56 Å². The molecule has 2 amide bonds. The maximum Gasteiger partial charge on any atom is 0.408 e. The van der Waals surface area contributed by atoms with Crippen LogP contribution in [0.4, 0.5) is 10.6 Å². The number of nitrogens with two attached hydrogens (primary N) is 1. The number of hydrogen-bond acceptors (Lipinski definition) is 7. The number of carboxylic acids is 1. The third-order valence-electron chi connectivity index (χ3n) is 6.17. The van der Waals surface area contributed by atoms with Gasteiger partial charge in [0.2, 0.25) is 5.91 Å². The van der Waals surface area contributed by atoms with Crippen molar-refractivity contribution in [2.75, 3.05) is 25.4 Å². The summed E-state index contributed by atoms with van der Waals surface area (Å²) in [6, 6.07) is 2.48. The summed E-state index contributed by atoms with van der Waals surface area (Å²) in [5.41, 5.74) is 5.70. The highest BCUT2D eigenvalue weighted by molar-refractivity contribution is 5.86. The molecule has 2 fully saturated rings. The third-order valence-corrected chi connectivity index (χ3v) is 6.17. The number of alkyl carbamates (subject to hydrolysis) is 1. The number of amides is 2. The number of carbonyl (C=O) groups excluding carboxylic acids is 2. The van der Waals surface area contributed by atoms with Crippen LogP contribution in [0.1, 0.15) is 58.4 Å². The number of likely N-dealkylation sites (tertiary alicyclic amines) is 1. The Labute approximate surface area is 206 Å². The average molecular weight is 486 g/mol. The standard InChI is InChI=1S/C25H35N5O5/c1-24(2,3)35-23(34)28-18(9-4-7-17-8-5-13-27-21(17)26)22(33)29-19-15-30(14-6-10-20(31)32)16-25(19)11-12-25/h5,8,13,18-19H,6,9-12,14-16H2,1-3H3,(H2,26,27)(H,28,34)(H,29,33)(H,31,32)/t18-,19-/m0/s1. The highest BCUT2D eigenvalue weighted by Gasteiger charge is 2.55. The Bertz CT molecular complexity index is 1010. The smallest absolute Gasteiger partial charge is 0.408 e. The lowest BCUT2D eigenvalue weighted by Crippen LogP contribution is -2.52. The molecule has 1 aromatic heterocycles. The Morgan fingerprint density at radius 1 is 1.37 bits per heavy atom. The second kappa shape index (κ2) is 11.0. The number of carbonyl (C=O) groups is 3. The number of nitrogens with one attached hydrogen (secondary N) is 2. The van der Waals surface area contributed by atoms with Gasteiger partial charge in [0.15, 0.2) is 0 Å².